The summed E-state index contributed by atoms with van der Waals surface area (Å²) in [5.41, 5.74) is 0.984. The van der Waals surface area contributed by atoms with Crippen LogP contribution in [0.3, 0.4) is 0 Å². The molecule has 4 heteroatoms. The topological polar surface area (TPSA) is 25.4 Å². The SMILES string of the molecule is COCc1cnc(N(C)C)c(Cl)c1. The van der Waals surface area contributed by atoms with E-state index in [1.807, 2.05) is 25.1 Å². The molecule has 1 heterocycles. The molecule has 72 valence electrons. The number of hydrogen-bond acceptors (Lipinski definition) is 3. The maximum Gasteiger partial charge on any atom is 0.146 e. The van der Waals surface area contributed by atoms with Crippen molar-refractivity contribution in [2.24, 2.45) is 0 Å². The van der Waals surface area contributed by atoms with Crippen molar-refractivity contribution in [2.75, 3.05) is 26.1 Å². The molecule has 0 spiro atoms. The quantitative estimate of drug-likeness (QED) is 0.746. The van der Waals surface area contributed by atoms with Crippen molar-refractivity contribution in [3.05, 3.63) is 22.8 Å². The Morgan fingerprint density at radius 3 is 2.69 bits per heavy atom. The van der Waals surface area contributed by atoms with Gasteiger partial charge in [0.25, 0.3) is 0 Å². The van der Waals surface area contributed by atoms with Crippen LogP contribution in [0.5, 0.6) is 0 Å². The van der Waals surface area contributed by atoms with Crippen LogP contribution in [0.1, 0.15) is 5.56 Å². The number of pyridine rings is 1. The molecule has 0 bridgehead atoms. The van der Waals surface area contributed by atoms with Gasteiger partial charge in [0.2, 0.25) is 0 Å². The van der Waals surface area contributed by atoms with Crippen LogP contribution < -0.4 is 4.90 Å². The second-order valence-corrected chi connectivity index (χ2v) is 3.38. The van der Waals surface area contributed by atoms with Gasteiger partial charge in [-0.15, -0.1) is 0 Å². The second kappa shape index (κ2) is 4.44. The number of hydrogen-bond donors (Lipinski definition) is 0. The van der Waals surface area contributed by atoms with Crippen LogP contribution in [0.4, 0.5) is 5.82 Å². The van der Waals surface area contributed by atoms with Gasteiger partial charge in [-0.3, -0.25) is 0 Å². The first-order valence-corrected chi connectivity index (χ1v) is 4.33. The van der Waals surface area contributed by atoms with Crippen molar-refractivity contribution in [2.45, 2.75) is 6.61 Å². The predicted molar refractivity (Wildman–Crippen MR) is 54.3 cm³/mol. The molecule has 1 aromatic heterocycles. The van der Waals surface area contributed by atoms with Gasteiger partial charge < -0.3 is 9.64 Å². The number of aromatic nitrogens is 1. The lowest BCUT2D eigenvalue weighted by Crippen LogP contribution is -2.11. The van der Waals surface area contributed by atoms with E-state index in [0.717, 1.165) is 11.4 Å². The van der Waals surface area contributed by atoms with Crippen molar-refractivity contribution in [3.63, 3.8) is 0 Å². The van der Waals surface area contributed by atoms with Crippen LogP contribution in [0.15, 0.2) is 12.3 Å². The van der Waals surface area contributed by atoms with E-state index in [4.69, 9.17) is 16.3 Å². The highest BCUT2D eigenvalue weighted by molar-refractivity contribution is 6.33. The van der Waals surface area contributed by atoms with E-state index in [1.54, 1.807) is 13.3 Å². The normalized spacial score (nSPS) is 10.2. The Kier molecular flexibility index (Phi) is 3.51. The highest BCUT2D eigenvalue weighted by Crippen LogP contribution is 2.22. The minimum absolute atomic E-state index is 0.542. The van der Waals surface area contributed by atoms with Gasteiger partial charge in [-0.1, -0.05) is 11.6 Å². The number of rotatable bonds is 3. The van der Waals surface area contributed by atoms with Crippen molar-refractivity contribution in [1.82, 2.24) is 4.98 Å². The van der Waals surface area contributed by atoms with E-state index in [0.29, 0.717) is 11.6 Å². The molecule has 0 unspecified atom stereocenters. The smallest absolute Gasteiger partial charge is 0.146 e. The van der Waals surface area contributed by atoms with E-state index in [2.05, 4.69) is 4.98 Å². The van der Waals surface area contributed by atoms with Crippen molar-refractivity contribution < 1.29 is 4.74 Å². The molecule has 3 nitrogen and oxygen atoms in total. The third-order valence-corrected chi connectivity index (χ3v) is 1.89. The number of methoxy groups -OCH3 is 1. The molecule has 0 amide bonds. The fraction of sp³-hybridized carbons (Fsp3) is 0.444. The Labute approximate surface area is 83.3 Å². The summed E-state index contributed by atoms with van der Waals surface area (Å²) in [6.07, 6.45) is 1.77. The summed E-state index contributed by atoms with van der Waals surface area (Å²) >= 11 is 6.00. The van der Waals surface area contributed by atoms with Crippen LogP contribution >= 0.6 is 11.6 Å². The summed E-state index contributed by atoms with van der Waals surface area (Å²) in [6.45, 7) is 0.542. The summed E-state index contributed by atoms with van der Waals surface area (Å²) in [4.78, 5) is 6.08. The van der Waals surface area contributed by atoms with Gasteiger partial charge in [0, 0.05) is 27.4 Å². The molecule has 0 atom stereocenters. The lowest BCUT2D eigenvalue weighted by Gasteiger charge is -2.13. The zero-order valence-corrected chi connectivity index (χ0v) is 8.80. The molecule has 13 heavy (non-hydrogen) atoms. The maximum atomic E-state index is 6.00. The predicted octanol–water partition coefficient (Wildman–Crippen LogP) is 1.95. The van der Waals surface area contributed by atoms with Gasteiger partial charge in [0.05, 0.1) is 11.6 Å². The summed E-state index contributed by atoms with van der Waals surface area (Å²) in [6, 6.07) is 1.87. The van der Waals surface area contributed by atoms with Gasteiger partial charge in [0.1, 0.15) is 5.82 Å². The molecule has 1 aromatic rings. The minimum atomic E-state index is 0.542. The van der Waals surface area contributed by atoms with Crippen LogP contribution in [-0.4, -0.2) is 26.2 Å². The summed E-state index contributed by atoms with van der Waals surface area (Å²) < 4.78 is 4.97. The Hall–Kier alpha value is -0.800. The molecule has 0 radical (unpaired) electrons. The Balaban J connectivity index is 2.92. The molecule has 0 aromatic carbocycles. The van der Waals surface area contributed by atoms with Crippen LogP contribution in [0.2, 0.25) is 5.02 Å². The Morgan fingerprint density at radius 2 is 2.23 bits per heavy atom. The highest BCUT2D eigenvalue weighted by Gasteiger charge is 2.04. The van der Waals surface area contributed by atoms with Crippen LogP contribution in [0, 0.1) is 0 Å². The van der Waals surface area contributed by atoms with E-state index < -0.39 is 0 Å². The van der Waals surface area contributed by atoms with Gasteiger partial charge in [-0.05, 0) is 11.6 Å². The molecule has 0 saturated carbocycles. The zero-order chi connectivity index (χ0) is 9.84. The molecule has 0 aliphatic rings. The molecule has 0 N–H and O–H groups in total. The first-order valence-electron chi connectivity index (χ1n) is 3.96. The number of ether oxygens (including phenoxy) is 1. The molecular weight excluding hydrogens is 188 g/mol. The fourth-order valence-corrected chi connectivity index (χ4v) is 1.40. The van der Waals surface area contributed by atoms with Crippen LogP contribution in [0.25, 0.3) is 0 Å². The standard InChI is InChI=1S/C9H13ClN2O/c1-12(2)9-8(10)4-7(5-11-9)6-13-3/h4-5H,6H2,1-3H3. The van der Waals surface area contributed by atoms with Crippen molar-refractivity contribution >= 4 is 17.4 Å². The lowest BCUT2D eigenvalue weighted by molar-refractivity contribution is 0.184. The van der Waals surface area contributed by atoms with E-state index in [1.165, 1.54) is 0 Å². The zero-order valence-electron chi connectivity index (χ0n) is 8.04. The molecule has 1 rings (SSSR count). The molecule has 0 aliphatic heterocycles. The molecule has 0 aliphatic carbocycles. The number of nitrogens with zero attached hydrogens (tertiary/aromatic N) is 2. The van der Waals surface area contributed by atoms with E-state index in [-0.39, 0.29) is 0 Å². The first-order chi connectivity index (χ1) is 6.15. The van der Waals surface area contributed by atoms with Crippen LogP contribution in [-0.2, 0) is 11.3 Å². The highest BCUT2D eigenvalue weighted by atomic mass is 35.5. The Morgan fingerprint density at radius 1 is 1.54 bits per heavy atom. The lowest BCUT2D eigenvalue weighted by atomic mass is 10.3. The van der Waals surface area contributed by atoms with Gasteiger partial charge >= 0.3 is 0 Å². The molecular formula is C9H13ClN2O. The average molecular weight is 201 g/mol. The van der Waals surface area contributed by atoms with Gasteiger partial charge in [-0.2, -0.15) is 0 Å². The van der Waals surface area contributed by atoms with Crippen molar-refractivity contribution in [1.29, 1.82) is 0 Å². The number of anilines is 1. The third kappa shape index (κ3) is 2.57. The van der Waals surface area contributed by atoms with E-state index in [9.17, 15) is 0 Å². The summed E-state index contributed by atoms with van der Waals surface area (Å²) in [5, 5.41) is 0.652. The van der Waals surface area contributed by atoms with Crippen molar-refractivity contribution in [3.8, 4) is 0 Å². The Bertz CT molecular complexity index is 289. The largest absolute Gasteiger partial charge is 0.380 e. The van der Waals surface area contributed by atoms with E-state index >= 15 is 0 Å². The minimum Gasteiger partial charge on any atom is -0.380 e. The average Bonchev–Trinajstić information content (AvgIpc) is 2.04. The van der Waals surface area contributed by atoms with Gasteiger partial charge in [-0.25, -0.2) is 4.98 Å². The third-order valence-electron chi connectivity index (χ3n) is 1.61. The number of halogens is 1. The maximum absolute atomic E-state index is 6.00. The van der Waals surface area contributed by atoms with Gasteiger partial charge in [0.15, 0.2) is 0 Å². The summed E-state index contributed by atoms with van der Waals surface area (Å²) in [7, 11) is 5.46. The molecule has 0 saturated heterocycles. The molecule has 0 fully saturated rings. The monoisotopic (exact) mass is 200 g/mol. The fourth-order valence-electron chi connectivity index (χ4n) is 1.04. The summed E-state index contributed by atoms with van der Waals surface area (Å²) in [5.74, 6) is 0.779. The second-order valence-electron chi connectivity index (χ2n) is 2.98. The first kappa shape index (κ1) is 10.3.